The van der Waals surface area contributed by atoms with Crippen LogP contribution in [0.15, 0.2) is 30.3 Å². The third-order valence-electron chi connectivity index (χ3n) is 7.73. The molecule has 0 spiro atoms. The summed E-state index contributed by atoms with van der Waals surface area (Å²) in [5.41, 5.74) is 0.592. The molecular weight excluding hydrogens is 495 g/mol. The number of carbonyl (C=O) groups is 2. The van der Waals surface area contributed by atoms with E-state index in [0.29, 0.717) is 35.7 Å². The molecule has 206 valence electrons. The van der Waals surface area contributed by atoms with Crippen LogP contribution >= 0.6 is 0 Å². The molecule has 0 radical (unpaired) electrons. The van der Waals surface area contributed by atoms with Gasteiger partial charge in [0.05, 0.1) is 29.0 Å². The fourth-order valence-corrected chi connectivity index (χ4v) is 5.54. The van der Waals surface area contributed by atoms with Crippen LogP contribution in [0.25, 0.3) is 11.3 Å². The number of nitrogens with zero attached hydrogens (tertiary/aromatic N) is 3. The number of likely N-dealkylation sites (N-methyl/N-ethyl adjacent to an activating group) is 1. The molecule has 2 fully saturated rings. The molecule has 2 aliphatic rings. The second-order valence-electron chi connectivity index (χ2n) is 10.4. The molecule has 38 heavy (non-hydrogen) atoms. The highest BCUT2D eigenvalue weighted by Crippen LogP contribution is 2.36. The largest absolute Gasteiger partial charge is 0.416 e. The Kier molecular flexibility index (Phi) is 8.70. The van der Waals surface area contributed by atoms with E-state index in [0.717, 1.165) is 50.7 Å². The van der Waals surface area contributed by atoms with Crippen LogP contribution in [0.1, 0.15) is 75.0 Å². The van der Waals surface area contributed by atoms with E-state index >= 15 is 0 Å². The van der Waals surface area contributed by atoms with Gasteiger partial charge in [-0.25, -0.2) is 9.97 Å². The minimum Gasteiger partial charge on any atom is -0.343 e. The molecule has 2 aromatic rings. The lowest BCUT2D eigenvalue weighted by atomic mass is 9.83. The normalized spacial score (nSPS) is 20.3. The SMILES string of the molecule is CNC(C)C(=O)N[C@H](C(=O)N1CCCC1c1cc(-c2cccc(C(F)(F)F)c2)nc(C)n1)C1CCCCC1. The molecule has 1 saturated heterocycles. The molecule has 7 nitrogen and oxygen atoms in total. The van der Waals surface area contributed by atoms with E-state index < -0.39 is 23.8 Å². The highest BCUT2D eigenvalue weighted by Gasteiger charge is 2.40. The molecule has 1 aromatic heterocycles. The maximum Gasteiger partial charge on any atom is 0.416 e. The van der Waals surface area contributed by atoms with Gasteiger partial charge in [0.2, 0.25) is 11.8 Å². The van der Waals surface area contributed by atoms with E-state index in [4.69, 9.17) is 0 Å². The Hall–Kier alpha value is -3.01. The summed E-state index contributed by atoms with van der Waals surface area (Å²) in [5.74, 6) is 0.164. The van der Waals surface area contributed by atoms with Crippen LogP contribution < -0.4 is 10.6 Å². The summed E-state index contributed by atoms with van der Waals surface area (Å²) in [6.45, 7) is 3.99. The van der Waals surface area contributed by atoms with Crippen LogP contribution in [0.4, 0.5) is 13.2 Å². The van der Waals surface area contributed by atoms with E-state index in [2.05, 4.69) is 20.6 Å². The Morgan fingerprint density at radius 2 is 1.79 bits per heavy atom. The third kappa shape index (κ3) is 6.34. The Morgan fingerprint density at radius 3 is 2.47 bits per heavy atom. The van der Waals surface area contributed by atoms with E-state index in [1.807, 2.05) is 0 Å². The Labute approximate surface area is 221 Å². The predicted molar refractivity (Wildman–Crippen MR) is 138 cm³/mol. The summed E-state index contributed by atoms with van der Waals surface area (Å²) in [7, 11) is 1.71. The van der Waals surface area contributed by atoms with Crippen molar-refractivity contribution in [2.75, 3.05) is 13.6 Å². The van der Waals surface area contributed by atoms with Crippen LogP contribution in [0.3, 0.4) is 0 Å². The van der Waals surface area contributed by atoms with Gasteiger partial charge in [0, 0.05) is 12.1 Å². The van der Waals surface area contributed by atoms with Gasteiger partial charge in [-0.15, -0.1) is 0 Å². The van der Waals surface area contributed by atoms with Crippen LogP contribution in [0.5, 0.6) is 0 Å². The Balaban J connectivity index is 1.63. The van der Waals surface area contributed by atoms with Gasteiger partial charge in [0.25, 0.3) is 0 Å². The quantitative estimate of drug-likeness (QED) is 0.536. The Morgan fingerprint density at radius 1 is 1.05 bits per heavy atom. The number of carbonyl (C=O) groups excluding carboxylic acids is 2. The van der Waals surface area contributed by atoms with Crippen LogP contribution in [0, 0.1) is 12.8 Å². The molecular formula is C28H36F3N5O2. The van der Waals surface area contributed by atoms with Crippen molar-refractivity contribution in [1.82, 2.24) is 25.5 Å². The summed E-state index contributed by atoms with van der Waals surface area (Å²) in [4.78, 5) is 37.6. The predicted octanol–water partition coefficient (Wildman–Crippen LogP) is 4.81. The molecule has 2 N–H and O–H groups in total. The molecule has 2 heterocycles. The van der Waals surface area contributed by atoms with Gasteiger partial charge >= 0.3 is 6.18 Å². The van der Waals surface area contributed by atoms with Gasteiger partial charge in [-0.05, 0) is 70.7 Å². The lowest BCUT2D eigenvalue weighted by molar-refractivity contribution is -0.139. The minimum atomic E-state index is -4.46. The fraction of sp³-hybridized carbons (Fsp3) is 0.571. The van der Waals surface area contributed by atoms with Crippen molar-refractivity contribution < 1.29 is 22.8 Å². The zero-order chi connectivity index (χ0) is 27.4. The molecule has 2 unspecified atom stereocenters. The molecule has 4 rings (SSSR count). The van der Waals surface area contributed by atoms with Crippen molar-refractivity contribution in [2.24, 2.45) is 5.92 Å². The van der Waals surface area contributed by atoms with Crippen LogP contribution in [-0.4, -0.2) is 52.4 Å². The minimum absolute atomic E-state index is 0.0679. The fourth-order valence-electron chi connectivity index (χ4n) is 5.54. The summed E-state index contributed by atoms with van der Waals surface area (Å²) in [5, 5.41) is 5.96. The highest BCUT2D eigenvalue weighted by molar-refractivity contribution is 5.90. The summed E-state index contributed by atoms with van der Waals surface area (Å²) in [6.07, 6.45) is 1.95. The first-order valence-corrected chi connectivity index (χ1v) is 13.4. The topological polar surface area (TPSA) is 87.2 Å². The van der Waals surface area contributed by atoms with Crippen molar-refractivity contribution in [3.8, 4) is 11.3 Å². The van der Waals surface area contributed by atoms with Crippen molar-refractivity contribution >= 4 is 11.8 Å². The van der Waals surface area contributed by atoms with Gasteiger partial charge in [-0.2, -0.15) is 13.2 Å². The number of alkyl halides is 3. The maximum absolute atomic E-state index is 14.0. The standard InChI is InChI=1S/C28H36F3N5O2/c1-17(32-3)26(37)35-25(19-9-5-4-6-10-19)27(38)36-14-8-13-24(36)23-16-22(33-18(2)34-23)20-11-7-12-21(15-20)28(29,30)31/h7,11-12,15-17,19,24-25,32H,4-6,8-10,13-14H2,1-3H3,(H,35,37)/t17?,24?,25-/m0/s1. The van der Waals surface area contributed by atoms with E-state index in [9.17, 15) is 22.8 Å². The second-order valence-corrected chi connectivity index (χ2v) is 10.4. The molecule has 2 amide bonds. The van der Waals surface area contributed by atoms with Gasteiger partial charge in [-0.3, -0.25) is 9.59 Å². The number of amides is 2. The molecule has 3 atom stereocenters. The zero-order valence-electron chi connectivity index (χ0n) is 22.1. The lowest BCUT2D eigenvalue weighted by Gasteiger charge is -2.35. The molecule has 10 heteroatoms. The van der Waals surface area contributed by atoms with Crippen LogP contribution in [-0.2, 0) is 15.8 Å². The molecule has 0 bridgehead atoms. The van der Waals surface area contributed by atoms with E-state index in [1.54, 1.807) is 37.9 Å². The third-order valence-corrected chi connectivity index (χ3v) is 7.73. The van der Waals surface area contributed by atoms with Gasteiger partial charge < -0.3 is 15.5 Å². The second kappa shape index (κ2) is 11.8. The number of hydrogen-bond donors (Lipinski definition) is 2. The van der Waals surface area contributed by atoms with E-state index in [1.165, 1.54) is 6.07 Å². The summed E-state index contributed by atoms with van der Waals surface area (Å²) >= 11 is 0. The maximum atomic E-state index is 14.0. The monoisotopic (exact) mass is 531 g/mol. The number of rotatable bonds is 7. The van der Waals surface area contributed by atoms with Crippen molar-refractivity contribution in [3.63, 3.8) is 0 Å². The zero-order valence-corrected chi connectivity index (χ0v) is 22.1. The summed E-state index contributed by atoms with van der Waals surface area (Å²) in [6, 6.07) is 5.38. The van der Waals surface area contributed by atoms with Crippen molar-refractivity contribution in [1.29, 1.82) is 0 Å². The molecule has 1 aliphatic heterocycles. The first kappa shape index (κ1) is 28.0. The van der Waals surface area contributed by atoms with E-state index in [-0.39, 0.29) is 23.8 Å². The first-order chi connectivity index (χ1) is 18.1. The number of aromatic nitrogens is 2. The average Bonchev–Trinajstić information content (AvgIpc) is 3.40. The smallest absolute Gasteiger partial charge is 0.343 e. The average molecular weight is 532 g/mol. The number of halogens is 3. The number of likely N-dealkylation sites (tertiary alicyclic amines) is 1. The Bertz CT molecular complexity index is 1150. The molecule has 1 saturated carbocycles. The number of benzene rings is 1. The molecule has 1 aliphatic carbocycles. The van der Waals surface area contributed by atoms with Crippen molar-refractivity contribution in [2.45, 2.75) is 83.1 Å². The van der Waals surface area contributed by atoms with Crippen molar-refractivity contribution in [3.05, 3.63) is 47.4 Å². The number of hydrogen-bond acceptors (Lipinski definition) is 5. The first-order valence-electron chi connectivity index (χ1n) is 13.4. The van der Waals surface area contributed by atoms with Gasteiger partial charge in [-0.1, -0.05) is 31.4 Å². The van der Waals surface area contributed by atoms with Gasteiger partial charge in [0.1, 0.15) is 11.9 Å². The number of aryl methyl sites for hydroxylation is 1. The summed E-state index contributed by atoms with van der Waals surface area (Å²) < 4.78 is 39.9. The highest BCUT2D eigenvalue weighted by atomic mass is 19.4. The lowest BCUT2D eigenvalue weighted by Crippen LogP contribution is -2.55. The van der Waals surface area contributed by atoms with Gasteiger partial charge in [0.15, 0.2) is 0 Å². The molecule has 1 aromatic carbocycles. The van der Waals surface area contributed by atoms with Crippen LogP contribution in [0.2, 0.25) is 0 Å². The number of nitrogens with one attached hydrogen (secondary N) is 2.